The van der Waals surface area contributed by atoms with Gasteiger partial charge in [0.1, 0.15) is 6.04 Å². The lowest BCUT2D eigenvalue weighted by Gasteiger charge is -2.18. The molecule has 2 amide bonds. The van der Waals surface area contributed by atoms with Crippen molar-refractivity contribution in [2.24, 2.45) is 0 Å². The number of benzene rings is 3. The van der Waals surface area contributed by atoms with Gasteiger partial charge in [0, 0.05) is 9.86 Å². The number of halogens is 1. The molecule has 3 aromatic carbocycles. The lowest BCUT2D eigenvalue weighted by molar-refractivity contribution is -0.121. The SMILES string of the molecule is Cc1nn(Cc2ccc(Br)cc2)c(C)c1N[C@@H]1CC(=O)N(c2cccc3ccccc23)C1=O. The van der Waals surface area contributed by atoms with Gasteiger partial charge in [0.2, 0.25) is 5.91 Å². The molecule has 166 valence electrons. The molecule has 4 aromatic rings. The number of nitrogens with one attached hydrogen (secondary N) is 1. The van der Waals surface area contributed by atoms with E-state index in [2.05, 4.69) is 38.5 Å². The minimum absolute atomic E-state index is 0.110. The van der Waals surface area contributed by atoms with Crippen molar-refractivity contribution in [2.75, 3.05) is 10.2 Å². The van der Waals surface area contributed by atoms with E-state index in [1.165, 1.54) is 4.90 Å². The quantitative estimate of drug-likeness (QED) is 0.380. The Bertz CT molecular complexity index is 1370. The number of rotatable bonds is 5. The normalized spacial score (nSPS) is 16.1. The van der Waals surface area contributed by atoms with Gasteiger partial charge in [-0.2, -0.15) is 5.10 Å². The van der Waals surface area contributed by atoms with Crippen molar-refractivity contribution >= 4 is 49.9 Å². The Hall–Kier alpha value is -3.45. The molecular weight excluding hydrogens is 480 g/mol. The summed E-state index contributed by atoms with van der Waals surface area (Å²) in [4.78, 5) is 27.6. The van der Waals surface area contributed by atoms with E-state index in [9.17, 15) is 9.59 Å². The number of anilines is 2. The molecule has 1 N–H and O–H groups in total. The van der Waals surface area contributed by atoms with E-state index >= 15 is 0 Å². The fourth-order valence-corrected chi connectivity index (χ4v) is 4.66. The molecule has 0 aliphatic carbocycles. The molecular formula is C26H23BrN4O2. The van der Waals surface area contributed by atoms with E-state index < -0.39 is 6.04 Å². The number of imide groups is 1. The standard InChI is InChI=1S/C26H23BrN4O2/c1-16-25(17(2)30(29-16)15-18-10-12-20(27)13-11-18)28-22-14-24(32)31(26(22)33)23-9-5-7-19-6-3-4-8-21(19)23/h3-13,22,28H,14-15H2,1-2H3/t22-/m1/s1. The molecule has 0 bridgehead atoms. The van der Waals surface area contributed by atoms with Crippen LogP contribution >= 0.6 is 15.9 Å². The lowest BCUT2D eigenvalue weighted by Crippen LogP contribution is -2.35. The van der Waals surface area contributed by atoms with Gasteiger partial charge in [0.25, 0.3) is 5.91 Å². The molecule has 7 heteroatoms. The van der Waals surface area contributed by atoms with Gasteiger partial charge in [-0.1, -0.05) is 64.5 Å². The molecule has 1 aliphatic rings. The highest BCUT2D eigenvalue weighted by Gasteiger charge is 2.40. The van der Waals surface area contributed by atoms with Gasteiger partial charge in [-0.05, 0) is 43.0 Å². The maximum atomic E-state index is 13.3. The fraction of sp³-hybridized carbons (Fsp3) is 0.192. The second-order valence-electron chi connectivity index (χ2n) is 8.30. The summed E-state index contributed by atoms with van der Waals surface area (Å²) in [7, 11) is 0. The fourth-order valence-electron chi connectivity index (χ4n) is 4.40. The highest BCUT2D eigenvalue weighted by Crippen LogP contribution is 2.32. The Morgan fingerprint density at radius 2 is 1.73 bits per heavy atom. The van der Waals surface area contributed by atoms with E-state index in [0.717, 1.165) is 37.9 Å². The van der Waals surface area contributed by atoms with Crippen LogP contribution in [0.5, 0.6) is 0 Å². The van der Waals surface area contributed by atoms with Gasteiger partial charge >= 0.3 is 0 Å². The zero-order valence-electron chi connectivity index (χ0n) is 18.4. The number of aryl methyl sites for hydroxylation is 1. The smallest absolute Gasteiger partial charge is 0.256 e. The van der Waals surface area contributed by atoms with Crippen molar-refractivity contribution < 1.29 is 9.59 Å². The number of amides is 2. The van der Waals surface area contributed by atoms with Gasteiger partial charge in [0.05, 0.1) is 35.7 Å². The summed E-state index contributed by atoms with van der Waals surface area (Å²) in [5.74, 6) is -0.442. The zero-order valence-corrected chi connectivity index (χ0v) is 20.0. The minimum Gasteiger partial charge on any atom is -0.370 e. The zero-order chi connectivity index (χ0) is 23.1. The van der Waals surface area contributed by atoms with Gasteiger partial charge < -0.3 is 5.32 Å². The van der Waals surface area contributed by atoms with Crippen LogP contribution in [0.3, 0.4) is 0 Å². The molecule has 1 atom stereocenters. The van der Waals surface area contributed by atoms with Crippen molar-refractivity contribution in [2.45, 2.75) is 32.9 Å². The Balaban J connectivity index is 1.40. The van der Waals surface area contributed by atoms with Crippen LogP contribution in [-0.4, -0.2) is 27.6 Å². The van der Waals surface area contributed by atoms with E-state index in [-0.39, 0.29) is 18.2 Å². The Labute approximate surface area is 200 Å². The molecule has 0 unspecified atom stereocenters. The van der Waals surface area contributed by atoms with Crippen LogP contribution in [0.15, 0.2) is 71.2 Å². The summed E-state index contributed by atoms with van der Waals surface area (Å²) in [6.07, 6.45) is 0.110. The van der Waals surface area contributed by atoms with Crippen LogP contribution in [0.1, 0.15) is 23.4 Å². The van der Waals surface area contributed by atoms with Gasteiger partial charge in [-0.25, -0.2) is 4.90 Å². The number of fused-ring (bicyclic) bond motifs is 1. The van der Waals surface area contributed by atoms with E-state index in [0.29, 0.717) is 12.2 Å². The molecule has 1 fully saturated rings. The molecule has 1 aliphatic heterocycles. The molecule has 0 spiro atoms. The van der Waals surface area contributed by atoms with Crippen LogP contribution in [0.25, 0.3) is 10.8 Å². The van der Waals surface area contributed by atoms with Gasteiger partial charge in [0.15, 0.2) is 0 Å². The topological polar surface area (TPSA) is 67.2 Å². The first-order valence-electron chi connectivity index (χ1n) is 10.8. The molecule has 1 saturated heterocycles. The van der Waals surface area contributed by atoms with Crippen LogP contribution in [0.2, 0.25) is 0 Å². The molecule has 5 rings (SSSR count). The molecule has 2 heterocycles. The van der Waals surface area contributed by atoms with Crippen molar-refractivity contribution in [3.05, 3.63) is 88.2 Å². The first-order chi connectivity index (χ1) is 15.9. The third-order valence-corrected chi connectivity index (χ3v) is 6.63. The average molecular weight is 503 g/mol. The van der Waals surface area contributed by atoms with Gasteiger partial charge in [-0.3, -0.25) is 14.3 Å². The summed E-state index contributed by atoms with van der Waals surface area (Å²) >= 11 is 3.46. The van der Waals surface area contributed by atoms with Crippen LogP contribution < -0.4 is 10.2 Å². The number of aromatic nitrogens is 2. The molecule has 33 heavy (non-hydrogen) atoms. The summed E-state index contributed by atoms with van der Waals surface area (Å²) in [5.41, 5.74) is 4.29. The summed E-state index contributed by atoms with van der Waals surface area (Å²) in [5, 5.41) is 9.86. The van der Waals surface area contributed by atoms with Crippen LogP contribution in [0, 0.1) is 13.8 Å². The molecule has 1 aromatic heterocycles. The van der Waals surface area contributed by atoms with Crippen molar-refractivity contribution in [1.29, 1.82) is 0 Å². The van der Waals surface area contributed by atoms with E-state index in [4.69, 9.17) is 0 Å². The second-order valence-corrected chi connectivity index (χ2v) is 9.21. The lowest BCUT2D eigenvalue weighted by atomic mass is 10.1. The van der Waals surface area contributed by atoms with E-state index in [1.54, 1.807) is 0 Å². The largest absolute Gasteiger partial charge is 0.370 e. The second kappa shape index (κ2) is 8.48. The maximum absolute atomic E-state index is 13.3. The van der Waals surface area contributed by atoms with Crippen molar-refractivity contribution in [3.63, 3.8) is 0 Å². The third kappa shape index (κ3) is 3.93. The van der Waals surface area contributed by atoms with Crippen LogP contribution in [-0.2, 0) is 16.1 Å². The van der Waals surface area contributed by atoms with Crippen LogP contribution in [0.4, 0.5) is 11.4 Å². The summed E-state index contributed by atoms with van der Waals surface area (Å²) in [6, 6.07) is 20.9. The Morgan fingerprint density at radius 1 is 1.00 bits per heavy atom. The van der Waals surface area contributed by atoms with E-state index in [1.807, 2.05) is 73.1 Å². The Morgan fingerprint density at radius 3 is 2.52 bits per heavy atom. The number of carbonyl (C=O) groups is 2. The minimum atomic E-state index is -0.626. The highest BCUT2D eigenvalue weighted by atomic mass is 79.9. The monoisotopic (exact) mass is 502 g/mol. The number of nitrogens with zero attached hydrogens (tertiary/aromatic N) is 3. The number of hydrogen-bond donors (Lipinski definition) is 1. The summed E-state index contributed by atoms with van der Waals surface area (Å²) < 4.78 is 2.95. The highest BCUT2D eigenvalue weighted by molar-refractivity contribution is 9.10. The number of hydrogen-bond acceptors (Lipinski definition) is 4. The predicted octanol–water partition coefficient (Wildman–Crippen LogP) is 5.21. The third-order valence-electron chi connectivity index (χ3n) is 6.10. The first kappa shape index (κ1) is 21.4. The molecule has 6 nitrogen and oxygen atoms in total. The number of carbonyl (C=O) groups excluding carboxylic acids is 2. The van der Waals surface area contributed by atoms with Crippen molar-refractivity contribution in [1.82, 2.24) is 9.78 Å². The summed E-state index contributed by atoms with van der Waals surface area (Å²) in [6.45, 7) is 4.52. The molecule has 0 saturated carbocycles. The van der Waals surface area contributed by atoms with Gasteiger partial charge in [-0.15, -0.1) is 0 Å². The predicted molar refractivity (Wildman–Crippen MR) is 133 cm³/mol. The average Bonchev–Trinajstić information content (AvgIpc) is 3.24. The first-order valence-corrected chi connectivity index (χ1v) is 11.6. The molecule has 0 radical (unpaired) electrons. The Kier molecular flexibility index (Phi) is 5.50. The maximum Gasteiger partial charge on any atom is 0.256 e. The van der Waals surface area contributed by atoms with Crippen molar-refractivity contribution in [3.8, 4) is 0 Å².